The first-order valence-corrected chi connectivity index (χ1v) is 10.9. The Hall–Kier alpha value is -3.07. The van der Waals surface area contributed by atoms with E-state index in [0.717, 1.165) is 41.8 Å². The van der Waals surface area contributed by atoms with Gasteiger partial charge in [-0.3, -0.25) is 14.5 Å². The van der Waals surface area contributed by atoms with Crippen LogP contribution in [0.5, 0.6) is 0 Å². The summed E-state index contributed by atoms with van der Waals surface area (Å²) < 4.78 is 0. The normalized spacial score (nSPS) is 16.3. The van der Waals surface area contributed by atoms with E-state index >= 15 is 0 Å². The predicted molar refractivity (Wildman–Crippen MR) is 116 cm³/mol. The smallest absolute Gasteiger partial charge is 0.319 e. The maximum Gasteiger partial charge on any atom is 0.319 e. The predicted octanol–water partition coefficient (Wildman–Crippen LogP) is 3.20. The van der Waals surface area contributed by atoms with E-state index in [1.165, 1.54) is 17.7 Å². The van der Waals surface area contributed by atoms with Crippen molar-refractivity contribution in [1.82, 2.24) is 15.2 Å². The summed E-state index contributed by atoms with van der Waals surface area (Å²) in [4.78, 5) is 43.5. The number of pyridine rings is 1. The van der Waals surface area contributed by atoms with Crippen LogP contribution in [0.3, 0.4) is 0 Å². The number of urea groups is 1. The highest BCUT2D eigenvalue weighted by molar-refractivity contribution is 8.14. The Bertz CT molecular complexity index is 928. The number of imide groups is 1. The Morgan fingerprint density at radius 1 is 1.07 bits per heavy atom. The third-order valence-electron chi connectivity index (χ3n) is 5.09. The minimum atomic E-state index is -0.302. The number of hydrogen-bond donors (Lipinski definition) is 2. The molecule has 2 aromatic rings. The topological polar surface area (TPSA) is 94.6 Å². The summed E-state index contributed by atoms with van der Waals surface area (Å²) in [6.45, 7) is 2.71. The number of thioether (sulfide) groups is 1. The van der Waals surface area contributed by atoms with E-state index in [9.17, 15) is 14.4 Å². The Balaban J connectivity index is 1.27. The molecule has 3 heterocycles. The first-order chi connectivity index (χ1) is 14.6. The number of carbonyl (C=O) groups excluding carboxylic acids is 3. The Kier molecular flexibility index (Phi) is 6.18. The molecule has 156 valence electrons. The number of aromatic nitrogens is 1. The van der Waals surface area contributed by atoms with Crippen LogP contribution in [0.2, 0.25) is 0 Å². The second-order valence-corrected chi connectivity index (χ2v) is 8.18. The highest BCUT2D eigenvalue weighted by atomic mass is 32.2. The van der Waals surface area contributed by atoms with Crippen molar-refractivity contribution in [3.8, 4) is 0 Å². The quantitative estimate of drug-likeness (QED) is 0.738. The molecule has 0 saturated carbocycles. The maximum absolute atomic E-state index is 12.2. The molecule has 2 N–H and O–H groups in total. The minimum absolute atomic E-state index is 0.171. The van der Waals surface area contributed by atoms with Crippen molar-refractivity contribution in [2.75, 3.05) is 29.1 Å². The van der Waals surface area contributed by atoms with Crippen molar-refractivity contribution in [3.05, 3.63) is 53.7 Å². The molecule has 0 spiro atoms. The lowest BCUT2D eigenvalue weighted by Gasteiger charge is -2.17. The van der Waals surface area contributed by atoms with Gasteiger partial charge in [0.2, 0.25) is 5.91 Å². The molecule has 0 atom stereocenters. The molecule has 2 aliphatic rings. The standard InChI is InChI=1S/C21H23N5O3S/c27-19-14-30-21(29)26(19)13-15-3-5-17(6-4-15)24-20(28)23-12-16-7-8-22-18(11-16)25-9-1-2-10-25/h3-8,11H,1-2,9-10,12-14H2,(H2,23,24,28). The Morgan fingerprint density at radius 2 is 1.83 bits per heavy atom. The van der Waals surface area contributed by atoms with Crippen molar-refractivity contribution < 1.29 is 14.4 Å². The lowest BCUT2D eigenvalue weighted by Crippen LogP contribution is -2.29. The third kappa shape index (κ3) is 4.91. The summed E-state index contributed by atoms with van der Waals surface area (Å²) in [5, 5.41) is 5.43. The van der Waals surface area contributed by atoms with E-state index in [4.69, 9.17) is 0 Å². The second-order valence-electron chi connectivity index (χ2n) is 7.26. The molecular formula is C21H23N5O3S. The van der Waals surface area contributed by atoms with Crippen LogP contribution in [-0.2, 0) is 17.9 Å². The Labute approximate surface area is 179 Å². The van der Waals surface area contributed by atoms with E-state index < -0.39 is 0 Å². The molecule has 0 bridgehead atoms. The van der Waals surface area contributed by atoms with Gasteiger partial charge in [0.05, 0.1) is 12.3 Å². The van der Waals surface area contributed by atoms with Crippen LogP contribution in [-0.4, -0.2) is 45.9 Å². The third-order valence-corrected chi connectivity index (χ3v) is 5.94. The van der Waals surface area contributed by atoms with Crippen molar-refractivity contribution >= 4 is 40.4 Å². The number of rotatable bonds is 6. The van der Waals surface area contributed by atoms with Gasteiger partial charge in [-0.15, -0.1) is 0 Å². The lowest BCUT2D eigenvalue weighted by molar-refractivity contribution is -0.125. The van der Waals surface area contributed by atoms with E-state index in [0.29, 0.717) is 12.2 Å². The first-order valence-electron chi connectivity index (χ1n) is 9.89. The number of benzene rings is 1. The van der Waals surface area contributed by atoms with Gasteiger partial charge < -0.3 is 15.5 Å². The van der Waals surface area contributed by atoms with Crippen LogP contribution in [0.4, 0.5) is 21.1 Å². The fourth-order valence-corrected chi connectivity index (χ4v) is 4.18. The van der Waals surface area contributed by atoms with Crippen LogP contribution in [0.25, 0.3) is 0 Å². The zero-order chi connectivity index (χ0) is 20.9. The fourth-order valence-electron chi connectivity index (χ4n) is 3.46. The lowest BCUT2D eigenvalue weighted by atomic mass is 10.2. The number of anilines is 2. The van der Waals surface area contributed by atoms with Crippen molar-refractivity contribution in [2.45, 2.75) is 25.9 Å². The van der Waals surface area contributed by atoms with Crippen LogP contribution < -0.4 is 15.5 Å². The molecule has 0 unspecified atom stereocenters. The minimum Gasteiger partial charge on any atom is -0.357 e. The van der Waals surface area contributed by atoms with Crippen molar-refractivity contribution in [1.29, 1.82) is 0 Å². The zero-order valence-corrected chi connectivity index (χ0v) is 17.3. The summed E-state index contributed by atoms with van der Waals surface area (Å²) in [6, 6.07) is 10.7. The van der Waals surface area contributed by atoms with E-state index in [-0.39, 0.29) is 29.5 Å². The summed E-state index contributed by atoms with van der Waals surface area (Å²) in [7, 11) is 0. The molecule has 30 heavy (non-hydrogen) atoms. The molecule has 4 rings (SSSR count). The second kappa shape index (κ2) is 9.17. The van der Waals surface area contributed by atoms with Crippen LogP contribution >= 0.6 is 11.8 Å². The summed E-state index contributed by atoms with van der Waals surface area (Å²) in [6.07, 6.45) is 4.15. The molecule has 8 nitrogen and oxygen atoms in total. The van der Waals surface area contributed by atoms with Crippen LogP contribution in [0.15, 0.2) is 42.6 Å². The van der Waals surface area contributed by atoms with Gasteiger partial charge in [0.25, 0.3) is 5.24 Å². The SMILES string of the molecule is O=C(NCc1ccnc(N2CCCC2)c1)Nc1ccc(CN2C(=O)CSC2=O)cc1. The van der Waals surface area contributed by atoms with E-state index in [1.807, 2.05) is 12.1 Å². The van der Waals surface area contributed by atoms with Crippen LogP contribution in [0, 0.1) is 0 Å². The highest BCUT2D eigenvalue weighted by Gasteiger charge is 2.29. The summed E-state index contributed by atoms with van der Waals surface area (Å²) >= 11 is 1.02. The molecule has 0 aliphatic carbocycles. The number of amides is 4. The highest BCUT2D eigenvalue weighted by Crippen LogP contribution is 2.22. The van der Waals surface area contributed by atoms with E-state index in [1.54, 1.807) is 30.5 Å². The van der Waals surface area contributed by atoms with Gasteiger partial charge in [-0.1, -0.05) is 23.9 Å². The van der Waals surface area contributed by atoms with Crippen LogP contribution in [0.1, 0.15) is 24.0 Å². The zero-order valence-electron chi connectivity index (χ0n) is 16.5. The molecular weight excluding hydrogens is 402 g/mol. The summed E-state index contributed by atoms with van der Waals surface area (Å²) in [5.74, 6) is 0.988. The van der Waals surface area contributed by atoms with Gasteiger partial charge in [-0.25, -0.2) is 9.78 Å². The molecule has 1 aromatic carbocycles. The summed E-state index contributed by atoms with van der Waals surface area (Å²) in [5.41, 5.74) is 2.46. The van der Waals surface area contributed by atoms with Gasteiger partial charge >= 0.3 is 6.03 Å². The van der Waals surface area contributed by atoms with E-state index in [2.05, 4.69) is 20.5 Å². The Morgan fingerprint density at radius 3 is 2.53 bits per heavy atom. The van der Waals surface area contributed by atoms with Gasteiger partial charge in [-0.2, -0.15) is 0 Å². The van der Waals surface area contributed by atoms with Crippen molar-refractivity contribution in [3.63, 3.8) is 0 Å². The van der Waals surface area contributed by atoms with Crippen molar-refractivity contribution in [2.24, 2.45) is 0 Å². The number of carbonyl (C=O) groups is 3. The van der Waals surface area contributed by atoms with Gasteiger partial charge in [0.1, 0.15) is 5.82 Å². The molecule has 1 aromatic heterocycles. The molecule has 2 fully saturated rings. The average molecular weight is 426 g/mol. The molecule has 4 amide bonds. The monoisotopic (exact) mass is 425 g/mol. The largest absolute Gasteiger partial charge is 0.357 e. The maximum atomic E-state index is 12.2. The molecule has 9 heteroatoms. The van der Waals surface area contributed by atoms with Gasteiger partial charge in [0, 0.05) is 31.5 Å². The first kappa shape index (κ1) is 20.2. The number of nitrogens with one attached hydrogen (secondary N) is 2. The fraction of sp³-hybridized carbons (Fsp3) is 0.333. The number of nitrogens with zero attached hydrogens (tertiary/aromatic N) is 3. The van der Waals surface area contributed by atoms with Gasteiger partial charge in [-0.05, 0) is 48.2 Å². The molecule has 2 aliphatic heterocycles. The molecule has 2 saturated heterocycles. The van der Waals surface area contributed by atoms with Gasteiger partial charge in [0.15, 0.2) is 0 Å². The number of hydrogen-bond acceptors (Lipinski definition) is 6. The molecule has 0 radical (unpaired) electrons. The average Bonchev–Trinajstić information content (AvgIpc) is 3.40.